The van der Waals surface area contributed by atoms with Gasteiger partial charge in [-0.3, -0.25) is 4.79 Å². The third-order valence-electron chi connectivity index (χ3n) is 4.14. The Hall–Kier alpha value is -2.77. The molecule has 1 saturated heterocycles. The molecule has 2 aromatic rings. The van der Waals surface area contributed by atoms with E-state index in [1.165, 1.54) is 6.33 Å². The van der Waals surface area contributed by atoms with Gasteiger partial charge in [-0.05, 0) is 12.5 Å². The maximum Gasteiger partial charge on any atom is 0.270 e. The molecule has 0 aromatic carbocycles. The number of carbonyl (C=O) groups excluding carboxylic acids is 1. The van der Waals surface area contributed by atoms with E-state index < -0.39 is 0 Å². The van der Waals surface area contributed by atoms with E-state index >= 15 is 0 Å². The minimum Gasteiger partial charge on any atom is -0.353 e. The highest BCUT2D eigenvalue weighted by Crippen LogP contribution is 2.16. The van der Waals surface area contributed by atoms with Crippen molar-refractivity contribution < 1.29 is 4.79 Å². The van der Waals surface area contributed by atoms with Gasteiger partial charge in [0, 0.05) is 51.2 Å². The van der Waals surface area contributed by atoms with Gasteiger partial charge in [-0.1, -0.05) is 13.3 Å². The molecule has 3 heterocycles. The zero-order valence-electron chi connectivity index (χ0n) is 14.4. The van der Waals surface area contributed by atoms with Crippen molar-refractivity contribution in [2.45, 2.75) is 19.8 Å². The molecule has 0 radical (unpaired) electrons. The standard InChI is InChI=1S/C17H23N7O/c1-2-3-5-18-16(25)14-12-15(22-13-21-14)23-8-10-24(11-9-23)17-19-6-4-7-20-17/h4,6-7,12-13H,2-3,5,8-11H2,1H3,(H,18,25). The van der Waals surface area contributed by atoms with Gasteiger partial charge in [0.15, 0.2) is 0 Å². The minimum absolute atomic E-state index is 0.145. The van der Waals surface area contributed by atoms with E-state index in [1.54, 1.807) is 18.5 Å². The van der Waals surface area contributed by atoms with Crippen LogP contribution in [0.1, 0.15) is 30.3 Å². The summed E-state index contributed by atoms with van der Waals surface area (Å²) in [6, 6.07) is 3.57. The Bertz CT molecular complexity index is 686. The van der Waals surface area contributed by atoms with Crippen LogP contribution >= 0.6 is 0 Å². The topological polar surface area (TPSA) is 87.1 Å². The van der Waals surface area contributed by atoms with Gasteiger partial charge < -0.3 is 15.1 Å². The van der Waals surface area contributed by atoms with Gasteiger partial charge in [0.2, 0.25) is 5.95 Å². The Labute approximate surface area is 147 Å². The predicted octanol–water partition coefficient (Wildman–Crippen LogP) is 1.12. The first-order valence-corrected chi connectivity index (χ1v) is 8.65. The van der Waals surface area contributed by atoms with Crippen molar-refractivity contribution in [3.8, 4) is 0 Å². The Morgan fingerprint density at radius 1 is 1.08 bits per heavy atom. The smallest absolute Gasteiger partial charge is 0.270 e. The van der Waals surface area contributed by atoms with Crippen molar-refractivity contribution in [2.24, 2.45) is 0 Å². The van der Waals surface area contributed by atoms with Crippen LogP contribution in [0.2, 0.25) is 0 Å². The SMILES string of the molecule is CCCCNC(=O)c1cc(N2CCN(c3ncccn3)CC2)ncn1. The van der Waals surface area contributed by atoms with Crippen molar-refractivity contribution >= 4 is 17.7 Å². The maximum atomic E-state index is 12.1. The number of hydrogen-bond donors (Lipinski definition) is 1. The molecule has 3 rings (SSSR count). The molecule has 0 spiro atoms. The monoisotopic (exact) mass is 341 g/mol. The molecule has 1 aliphatic heterocycles. The first-order valence-electron chi connectivity index (χ1n) is 8.65. The number of aromatic nitrogens is 4. The molecular weight excluding hydrogens is 318 g/mol. The van der Waals surface area contributed by atoms with Crippen LogP contribution in [-0.4, -0.2) is 58.6 Å². The molecule has 0 atom stereocenters. The van der Waals surface area contributed by atoms with Gasteiger partial charge in [0.05, 0.1) is 0 Å². The molecule has 1 fully saturated rings. The zero-order chi connectivity index (χ0) is 17.5. The van der Waals surface area contributed by atoms with Crippen molar-refractivity contribution in [2.75, 3.05) is 42.5 Å². The average molecular weight is 341 g/mol. The van der Waals surface area contributed by atoms with E-state index in [0.717, 1.165) is 50.8 Å². The lowest BCUT2D eigenvalue weighted by molar-refractivity contribution is 0.0948. The summed E-state index contributed by atoms with van der Waals surface area (Å²) in [5.74, 6) is 1.39. The number of nitrogens with zero attached hydrogens (tertiary/aromatic N) is 6. The van der Waals surface area contributed by atoms with Crippen LogP contribution in [0.3, 0.4) is 0 Å². The Morgan fingerprint density at radius 2 is 1.80 bits per heavy atom. The Kier molecular flexibility index (Phi) is 5.71. The number of hydrogen-bond acceptors (Lipinski definition) is 7. The van der Waals surface area contributed by atoms with E-state index in [1.807, 2.05) is 6.07 Å². The van der Waals surface area contributed by atoms with E-state index in [2.05, 4.69) is 42.0 Å². The highest BCUT2D eigenvalue weighted by atomic mass is 16.1. The molecule has 0 bridgehead atoms. The van der Waals surface area contributed by atoms with Gasteiger partial charge >= 0.3 is 0 Å². The quantitative estimate of drug-likeness (QED) is 0.788. The van der Waals surface area contributed by atoms with Gasteiger partial charge in [-0.2, -0.15) is 0 Å². The lowest BCUT2D eigenvalue weighted by Crippen LogP contribution is -2.47. The zero-order valence-corrected chi connectivity index (χ0v) is 14.4. The first-order chi connectivity index (χ1) is 12.3. The van der Waals surface area contributed by atoms with E-state index in [-0.39, 0.29) is 5.91 Å². The lowest BCUT2D eigenvalue weighted by atomic mass is 10.3. The van der Waals surface area contributed by atoms with Crippen LogP contribution in [0.25, 0.3) is 0 Å². The number of unbranched alkanes of at least 4 members (excludes halogenated alkanes) is 1. The van der Waals surface area contributed by atoms with Crippen LogP contribution in [0.5, 0.6) is 0 Å². The molecule has 132 valence electrons. The fourth-order valence-electron chi connectivity index (χ4n) is 2.70. The number of nitrogens with one attached hydrogen (secondary N) is 1. The third kappa shape index (κ3) is 4.40. The number of amides is 1. The summed E-state index contributed by atoms with van der Waals surface area (Å²) >= 11 is 0. The average Bonchev–Trinajstić information content (AvgIpc) is 2.69. The second kappa shape index (κ2) is 8.36. The molecule has 0 saturated carbocycles. The summed E-state index contributed by atoms with van der Waals surface area (Å²) < 4.78 is 0. The first kappa shape index (κ1) is 17.1. The summed E-state index contributed by atoms with van der Waals surface area (Å²) in [7, 11) is 0. The second-order valence-corrected chi connectivity index (χ2v) is 5.89. The van der Waals surface area contributed by atoms with Crippen molar-refractivity contribution in [1.29, 1.82) is 0 Å². The fourth-order valence-corrected chi connectivity index (χ4v) is 2.70. The molecule has 0 unspecified atom stereocenters. The summed E-state index contributed by atoms with van der Waals surface area (Å²) in [5, 5.41) is 2.89. The Balaban J connectivity index is 1.60. The van der Waals surface area contributed by atoms with E-state index in [9.17, 15) is 4.79 Å². The molecule has 8 heteroatoms. The fraction of sp³-hybridized carbons (Fsp3) is 0.471. The molecule has 8 nitrogen and oxygen atoms in total. The van der Waals surface area contributed by atoms with Crippen molar-refractivity contribution in [1.82, 2.24) is 25.3 Å². The van der Waals surface area contributed by atoms with Crippen molar-refractivity contribution in [3.63, 3.8) is 0 Å². The highest BCUT2D eigenvalue weighted by Gasteiger charge is 2.20. The van der Waals surface area contributed by atoms with Gasteiger partial charge in [-0.25, -0.2) is 19.9 Å². The van der Waals surface area contributed by atoms with Crippen LogP contribution in [0, 0.1) is 0 Å². The van der Waals surface area contributed by atoms with E-state index in [4.69, 9.17) is 0 Å². The normalized spacial score (nSPS) is 14.4. The highest BCUT2D eigenvalue weighted by molar-refractivity contribution is 5.92. The molecule has 1 amide bonds. The maximum absolute atomic E-state index is 12.1. The van der Waals surface area contributed by atoms with Crippen LogP contribution in [0.15, 0.2) is 30.9 Å². The minimum atomic E-state index is -0.145. The summed E-state index contributed by atoms with van der Waals surface area (Å²) in [4.78, 5) is 33.5. The van der Waals surface area contributed by atoms with Gasteiger partial charge in [0.1, 0.15) is 17.8 Å². The second-order valence-electron chi connectivity index (χ2n) is 5.89. The lowest BCUT2D eigenvalue weighted by Gasteiger charge is -2.35. The summed E-state index contributed by atoms with van der Waals surface area (Å²) in [6.45, 7) is 5.98. The number of carbonyl (C=O) groups is 1. The van der Waals surface area contributed by atoms with Crippen LogP contribution in [0.4, 0.5) is 11.8 Å². The van der Waals surface area contributed by atoms with E-state index in [0.29, 0.717) is 12.2 Å². The molecule has 0 aliphatic carbocycles. The summed E-state index contributed by atoms with van der Waals surface area (Å²) in [6.07, 6.45) is 6.97. The molecule has 2 aromatic heterocycles. The largest absolute Gasteiger partial charge is 0.353 e. The molecular formula is C17H23N7O. The Morgan fingerprint density at radius 3 is 2.52 bits per heavy atom. The molecule has 1 aliphatic rings. The predicted molar refractivity (Wildman–Crippen MR) is 95.7 cm³/mol. The van der Waals surface area contributed by atoms with Crippen LogP contribution < -0.4 is 15.1 Å². The van der Waals surface area contributed by atoms with Gasteiger partial charge in [-0.15, -0.1) is 0 Å². The number of piperazine rings is 1. The number of rotatable bonds is 6. The van der Waals surface area contributed by atoms with Gasteiger partial charge in [0.25, 0.3) is 5.91 Å². The molecule has 1 N–H and O–H groups in total. The van der Waals surface area contributed by atoms with Crippen LogP contribution in [-0.2, 0) is 0 Å². The third-order valence-corrected chi connectivity index (χ3v) is 4.14. The summed E-state index contributed by atoms with van der Waals surface area (Å²) in [5.41, 5.74) is 0.412. The number of anilines is 2. The molecule has 25 heavy (non-hydrogen) atoms. The van der Waals surface area contributed by atoms with Crippen molar-refractivity contribution in [3.05, 3.63) is 36.5 Å².